The molecule has 0 aliphatic heterocycles. The minimum Gasteiger partial charge on any atom is -0.493 e. The van der Waals surface area contributed by atoms with Crippen molar-refractivity contribution in [3.63, 3.8) is 0 Å². The first-order chi connectivity index (χ1) is 14.4. The quantitative estimate of drug-likeness (QED) is 0.585. The van der Waals surface area contributed by atoms with Gasteiger partial charge >= 0.3 is 0 Å². The van der Waals surface area contributed by atoms with Gasteiger partial charge in [-0.25, -0.2) is 0 Å². The second-order valence-corrected chi connectivity index (χ2v) is 7.17. The number of rotatable bonds is 7. The molecule has 0 aliphatic rings. The van der Waals surface area contributed by atoms with Gasteiger partial charge in [0.05, 0.1) is 13.0 Å². The summed E-state index contributed by atoms with van der Waals surface area (Å²) in [6, 6.07) is 19.4. The molecule has 30 heavy (non-hydrogen) atoms. The highest BCUT2D eigenvalue weighted by Gasteiger charge is 2.15. The number of hydrogen-bond acceptors (Lipinski definition) is 4. The molecule has 156 valence electrons. The third kappa shape index (κ3) is 5.73. The summed E-state index contributed by atoms with van der Waals surface area (Å²) >= 11 is 0. The predicted molar refractivity (Wildman–Crippen MR) is 116 cm³/mol. The lowest BCUT2D eigenvalue weighted by Gasteiger charge is -2.16. The van der Waals surface area contributed by atoms with E-state index in [1.54, 1.807) is 6.92 Å². The predicted octanol–water partition coefficient (Wildman–Crippen LogP) is 3.84. The van der Waals surface area contributed by atoms with Crippen molar-refractivity contribution in [2.24, 2.45) is 0 Å². The largest absolute Gasteiger partial charge is 0.493 e. The molecular weight excluding hydrogens is 380 g/mol. The Balaban J connectivity index is 1.42. The van der Waals surface area contributed by atoms with E-state index in [4.69, 9.17) is 9.47 Å². The first kappa shape index (κ1) is 21.2. The first-order valence-electron chi connectivity index (χ1n) is 9.86. The van der Waals surface area contributed by atoms with Crippen molar-refractivity contribution in [3.8, 4) is 11.5 Å². The van der Waals surface area contributed by atoms with Gasteiger partial charge in [-0.1, -0.05) is 42.5 Å². The smallest absolute Gasteiger partial charge is 0.279 e. The van der Waals surface area contributed by atoms with Crippen LogP contribution in [-0.4, -0.2) is 24.5 Å². The number of benzene rings is 3. The van der Waals surface area contributed by atoms with Gasteiger partial charge in [-0.05, 0) is 60.9 Å². The molecule has 0 bridgehead atoms. The maximum atomic E-state index is 12.2. The molecule has 3 rings (SSSR count). The second-order valence-electron chi connectivity index (χ2n) is 7.17. The van der Waals surface area contributed by atoms with Crippen molar-refractivity contribution >= 4 is 22.6 Å². The van der Waals surface area contributed by atoms with Gasteiger partial charge in [0.2, 0.25) is 5.91 Å². The van der Waals surface area contributed by atoms with Gasteiger partial charge in [0.1, 0.15) is 11.5 Å². The number of carbonyl (C=O) groups is 2. The van der Waals surface area contributed by atoms with Gasteiger partial charge in [0.25, 0.3) is 5.91 Å². The summed E-state index contributed by atoms with van der Waals surface area (Å²) < 4.78 is 11.4. The number of nitrogens with one attached hydrogen (secondary N) is 2. The fourth-order valence-electron chi connectivity index (χ4n) is 2.91. The molecular formula is C24H26N2O4. The van der Waals surface area contributed by atoms with Gasteiger partial charge in [0, 0.05) is 0 Å². The summed E-state index contributed by atoms with van der Waals surface area (Å²) in [5.41, 5.74) is 6.88. The van der Waals surface area contributed by atoms with E-state index in [0.29, 0.717) is 5.75 Å². The molecule has 6 nitrogen and oxygen atoms in total. The summed E-state index contributed by atoms with van der Waals surface area (Å²) in [5, 5.41) is 2.12. The lowest BCUT2D eigenvalue weighted by atomic mass is 10.1. The monoisotopic (exact) mass is 406 g/mol. The zero-order valence-corrected chi connectivity index (χ0v) is 17.4. The number of ether oxygens (including phenoxy) is 2. The van der Waals surface area contributed by atoms with Crippen LogP contribution in [-0.2, 0) is 9.59 Å². The molecule has 0 unspecified atom stereocenters. The Labute approximate surface area is 176 Å². The Morgan fingerprint density at radius 2 is 1.70 bits per heavy atom. The molecule has 0 aromatic heterocycles. The average molecular weight is 406 g/mol. The highest BCUT2D eigenvalue weighted by molar-refractivity contribution is 5.85. The van der Waals surface area contributed by atoms with E-state index in [2.05, 4.69) is 10.9 Å². The summed E-state index contributed by atoms with van der Waals surface area (Å²) in [7, 11) is 0. The van der Waals surface area contributed by atoms with E-state index in [0.717, 1.165) is 27.6 Å². The molecule has 0 fully saturated rings. The maximum absolute atomic E-state index is 12.2. The Morgan fingerprint density at radius 1 is 0.933 bits per heavy atom. The summed E-state index contributed by atoms with van der Waals surface area (Å²) in [6.45, 7) is 5.77. The van der Waals surface area contributed by atoms with Crippen LogP contribution < -0.4 is 20.3 Å². The van der Waals surface area contributed by atoms with Gasteiger partial charge < -0.3 is 9.47 Å². The summed E-state index contributed by atoms with van der Waals surface area (Å²) in [4.78, 5) is 24.2. The SMILES string of the molecule is Cc1ccc(C)c(OCCC(=O)NNC(=O)[C@H](C)Oc2ccc3ccccc3c2)c1. The minimum absolute atomic E-state index is 0.119. The molecule has 6 heteroatoms. The fraction of sp³-hybridized carbons (Fsp3) is 0.250. The number of amides is 2. The van der Waals surface area contributed by atoms with Crippen LogP contribution in [0, 0.1) is 13.8 Å². The van der Waals surface area contributed by atoms with E-state index in [-0.39, 0.29) is 18.9 Å². The van der Waals surface area contributed by atoms with E-state index < -0.39 is 12.0 Å². The third-order valence-corrected chi connectivity index (χ3v) is 4.66. The molecule has 0 saturated carbocycles. The Bertz CT molecular complexity index is 1050. The van der Waals surface area contributed by atoms with E-state index in [9.17, 15) is 9.59 Å². The molecule has 0 aliphatic carbocycles. The lowest BCUT2D eigenvalue weighted by Crippen LogP contribution is -2.47. The molecule has 0 spiro atoms. The van der Waals surface area contributed by atoms with Crippen molar-refractivity contribution in [1.29, 1.82) is 0 Å². The Hall–Kier alpha value is -3.54. The molecule has 0 saturated heterocycles. The van der Waals surface area contributed by atoms with Crippen LogP contribution in [0.1, 0.15) is 24.5 Å². The van der Waals surface area contributed by atoms with Crippen LogP contribution in [0.5, 0.6) is 11.5 Å². The maximum Gasteiger partial charge on any atom is 0.279 e. The van der Waals surface area contributed by atoms with E-state index in [1.165, 1.54) is 0 Å². The second kappa shape index (κ2) is 9.78. The van der Waals surface area contributed by atoms with Crippen molar-refractivity contribution in [2.75, 3.05) is 6.61 Å². The number of aryl methyl sites for hydroxylation is 2. The molecule has 2 N–H and O–H groups in total. The Morgan fingerprint density at radius 3 is 2.50 bits per heavy atom. The number of hydrogen-bond donors (Lipinski definition) is 2. The zero-order valence-electron chi connectivity index (χ0n) is 17.4. The summed E-state index contributed by atoms with van der Waals surface area (Å²) in [5.74, 6) is 0.562. The normalized spacial score (nSPS) is 11.6. The van der Waals surface area contributed by atoms with Gasteiger partial charge in [-0.15, -0.1) is 0 Å². The Kier molecular flexibility index (Phi) is 6.91. The molecule has 2 amide bonds. The lowest BCUT2D eigenvalue weighted by molar-refractivity contribution is -0.132. The number of fused-ring (bicyclic) bond motifs is 1. The first-order valence-corrected chi connectivity index (χ1v) is 9.86. The van der Waals surface area contributed by atoms with Crippen LogP contribution in [0.2, 0.25) is 0 Å². The molecule has 1 atom stereocenters. The standard InChI is InChI=1S/C24H26N2O4/c1-16-8-9-17(2)22(14-16)29-13-12-23(27)25-26-24(28)18(3)30-21-11-10-19-6-4-5-7-20(19)15-21/h4-11,14-15,18H,12-13H2,1-3H3,(H,25,27)(H,26,28)/t18-/m0/s1. The van der Waals surface area contributed by atoms with Crippen LogP contribution in [0.3, 0.4) is 0 Å². The highest BCUT2D eigenvalue weighted by Crippen LogP contribution is 2.21. The minimum atomic E-state index is -0.766. The number of carbonyl (C=O) groups excluding carboxylic acids is 2. The topological polar surface area (TPSA) is 76.7 Å². The average Bonchev–Trinajstić information content (AvgIpc) is 2.74. The fourth-order valence-corrected chi connectivity index (χ4v) is 2.91. The molecule has 3 aromatic rings. The van der Waals surface area contributed by atoms with Crippen molar-refractivity contribution in [2.45, 2.75) is 33.3 Å². The van der Waals surface area contributed by atoms with E-state index >= 15 is 0 Å². The molecule has 0 heterocycles. The van der Waals surface area contributed by atoms with Crippen molar-refractivity contribution in [1.82, 2.24) is 10.9 Å². The third-order valence-electron chi connectivity index (χ3n) is 4.66. The van der Waals surface area contributed by atoms with Crippen LogP contribution in [0.4, 0.5) is 0 Å². The van der Waals surface area contributed by atoms with Gasteiger partial charge in [-0.2, -0.15) is 0 Å². The van der Waals surface area contributed by atoms with E-state index in [1.807, 2.05) is 74.5 Å². The van der Waals surface area contributed by atoms with Crippen LogP contribution in [0.25, 0.3) is 10.8 Å². The summed E-state index contributed by atoms with van der Waals surface area (Å²) in [6.07, 6.45) is -0.647. The molecule has 0 radical (unpaired) electrons. The number of hydrazine groups is 1. The highest BCUT2D eigenvalue weighted by atomic mass is 16.5. The zero-order chi connectivity index (χ0) is 21.5. The van der Waals surface area contributed by atoms with Gasteiger partial charge in [-0.3, -0.25) is 20.4 Å². The van der Waals surface area contributed by atoms with Crippen molar-refractivity contribution in [3.05, 3.63) is 71.8 Å². The van der Waals surface area contributed by atoms with Gasteiger partial charge in [0.15, 0.2) is 6.10 Å². The van der Waals surface area contributed by atoms with Crippen molar-refractivity contribution < 1.29 is 19.1 Å². The molecule has 3 aromatic carbocycles. The van der Waals surface area contributed by atoms with Crippen LogP contribution >= 0.6 is 0 Å². The van der Waals surface area contributed by atoms with Crippen LogP contribution in [0.15, 0.2) is 60.7 Å².